The van der Waals surface area contributed by atoms with Crippen molar-refractivity contribution in [1.29, 1.82) is 0 Å². The van der Waals surface area contributed by atoms with Crippen molar-refractivity contribution < 1.29 is 9.53 Å². The second kappa shape index (κ2) is 4.85. The van der Waals surface area contributed by atoms with Crippen LogP contribution in [0.1, 0.15) is 32.6 Å². The van der Waals surface area contributed by atoms with Crippen molar-refractivity contribution in [2.75, 3.05) is 0 Å². The number of halogens is 1. The fourth-order valence-corrected chi connectivity index (χ4v) is 2.17. The van der Waals surface area contributed by atoms with Gasteiger partial charge in [0, 0.05) is 4.83 Å². The fourth-order valence-electron chi connectivity index (χ4n) is 1.43. The third kappa shape index (κ3) is 3.13. The molecule has 0 aromatic rings. The van der Waals surface area contributed by atoms with Crippen molar-refractivity contribution in [1.82, 2.24) is 0 Å². The first-order valence-corrected chi connectivity index (χ1v) is 5.28. The lowest BCUT2D eigenvalue weighted by molar-refractivity contribution is -0.145. The second-order valence-electron chi connectivity index (χ2n) is 3.11. The van der Waals surface area contributed by atoms with Crippen LogP contribution in [-0.4, -0.2) is 16.9 Å². The first kappa shape index (κ1) is 10.0. The molecule has 1 aliphatic carbocycles. The quantitative estimate of drug-likeness (QED) is 0.542. The van der Waals surface area contributed by atoms with Gasteiger partial charge in [-0.15, -0.1) is 0 Å². The lowest BCUT2D eigenvalue weighted by atomic mass is 9.98. The van der Waals surface area contributed by atoms with Crippen molar-refractivity contribution >= 4 is 21.9 Å². The molecule has 0 spiro atoms. The minimum atomic E-state index is -0.193. The molecule has 2 atom stereocenters. The zero-order valence-electron chi connectivity index (χ0n) is 7.25. The number of alkyl halides is 1. The van der Waals surface area contributed by atoms with Crippen LogP contribution in [0, 0.1) is 6.42 Å². The van der Waals surface area contributed by atoms with E-state index in [1.165, 1.54) is 12.8 Å². The average Bonchev–Trinajstić information content (AvgIpc) is 2.04. The van der Waals surface area contributed by atoms with Gasteiger partial charge in [0.25, 0.3) is 0 Å². The van der Waals surface area contributed by atoms with Gasteiger partial charge >= 0.3 is 5.97 Å². The molecular formula is C9H14BrO2. The molecule has 3 heteroatoms. The summed E-state index contributed by atoms with van der Waals surface area (Å²) < 4.78 is 5.19. The van der Waals surface area contributed by atoms with E-state index < -0.39 is 0 Å². The summed E-state index contributed by atoms with van der Waals surface area (Å²) in [6.07, 6.45) is 5.92. The molecule has 12 heavy (non-hydrogen) atoms. The SMILES string of the molecule is C[CH]C(=O)OC1CCCC(Br)C1. The normalized spacial score (nSPS) is 29.8. The molecule has 1 aliphatic rings. The third-order valence-electron chi connectivity index (χ3n) is 2.08. The van der Waals surface area contributed by atoms with Gasteiger partial charge < -0.3 is 4.74 Å². The highest BCUT2D eigenvalue weighted by Crippen LogP contribution is 2.26. The van der Waals surface area contributed by atoms with Crippen LogP contribution in [-0.2, 0) is 9.53 Å². The first-order chi connectivity index (χ1) is 5.72. The molecule has 0 aromatic carbocycles. The summed E-state index contributed by atoms with van der Waals surface area (Å²) in [5, 5.41) is 0. The van der Waals surface area contributed by atoms with Crippen LogP contribution in [0.5, 0.6) is 0 Å². The van der Waals surface area contributed by atoms with E-state index in [2.05, 4.69) is 15.9 Å². The van der Waals surface area contributed by atoms with Gasteiger partial charge in [-0.05, 0) is 25.7 Å². The number of esters is 1. The summed E-state index contributed by atoms with van der Waals surface area (Å²) in [4.78, 5) is 11.4. The maximum Gasteiger partial charge on any atom is 0.309 e. The molecule has 0 heterocycles. The predicted octanol–water partition coefficient (Wildman–Crippen LogP) is 2.46. The number of carbonyl (C=O) groups is 1. The lowest BCUT2D eigenvalue weighted by Crippen LogP contribution is -2.25. The summed E-state index contributed by atoms with van der Waals surface area (Å²) in [6, 6.07) is 0. The van der Waals surface area contributed by atoms with Gasteiger partial charge in [0.15, 0.2) is 0 Å². The standard InChI is InChI=1S/C9H14BrO2/c1-2-9(11)12-8-5-3-4-7(10)6-8/h2,7-8H,3-6H2,1H3. The predicted molar refractivity (Wildman–Crippen MR) is 51.0 cm³/mol. The lowest BCUT2D eigenvalue weighted by Gasteiger charge is -2.25. The molecule has 0 saturated heterocycles. The summed E-state index contributed by atoms with van der Waals surface area (Å²) in [5.74, 6) is -0.193. The Hall–Kier alpha value is -0.0500. The molecule has 1 fully saturated rings. The van der Waals surface area contributed by atoms with Crippen molar-refractivity contribution in [3.63, 3.8) is 0 Å². The summed E-state index contributed by atoms with van der Waals surface area (Å²) in [7, 11) is 0. The Morgan fingerprint density at radius 3 is 2.92 bits per heavy atom. The molecule has 0 N–H and O–H groups in total. The minimum absolute atomic E-state index is 0.131. The van der Waals surface area contributed by atoms with E-state index in [0.717, 1.165) is 19.3 Å². The fraction of sp³-hybridized carbons (Fsp3) is 0.778. The van der Waals surface area contributed by atoms with E-state index >= 15 is 0 Å². The maximum absolute atomic E-state index is 10.9. The molecule has 1 rings (SSSR count). The Morgan fingerprint density at radius 1 is 1.58 bits per heavy atom. The van der Waals surface area contributed by atoms with Gasteiger partial charge in [0.2, 0.25) is 0 Å². The number of ether oxygens (including phenoxy) is 1. The Labute approximate surface area is 81.8 Å². The van der Waals surface area contributed by atoms with Gasteiger partial charge in [-0.3, -0.25) is 4.79 Å². The highest BCUT2D eigenvalue weighted by atomic mass is 79.9. The molecule has 0 bridgehead atoms. The van der Waals surface area contributed by atoms with Crippen LogP contribution in [0.15, 0.2) is 0 Å². The number of hydrogen-bond donors (Lipinski definition) is 0. The van der Waals surface area contributed by atoms with Crippen molar-refractivity contribution in [3.05, 3.63) is 6.42 Å². The van der Waals surface area contributed by atoms with E-state index in [4.69, 9.17) is 4.74 Å². The molecule has 2 nitrogen and oxygen atoms in total. The zero-order chi connectivity index (χ0) is 8.97. The smallest absolute Gasteiger partial charge is 0.309 e. The number of hydrogen-bond acceptors (Lipinski definition) is 2. The highest BCUT2D eigenvalue weighted by molar-refractivity contribution is 9.09. The minimum Gasteiger partial charge on any atom is -0.462 e. The van der Waals surface area contributed by atoms with E-state index in [0.29, 0.717) is 4.83 Å². The van der Waals surface area contributed by atoms with Crippen molar-refractivity contribution in [2.24, 2.45) is 0 Å². The van der Waals surface area contributed by atoms with Crippen molar-refractivity contribution in [2.45, 2.75) is 43.5 Å². The summed E-state index contributed by atoms with van der Waals surface area (Å²) in [6.45, 7) is 1.71. The van der Waals surface area contributed by atoms with E-state index in [9.17, 15) is 4.79 Å². The molecule has 0 amide bonds. The van der Waals surface area contributed by atoms with Gasteiger partial charge in [-0.25, -0.2) is 0 Å². The highest BCUT2D eigenvalue weighted by Gasteiger charge is 2.22. The average molecular weight is 234 g/mol. The topological polar surface area (TPSA) is 26.3 Å². The van der Waals surface area contributed by atoms with Crippen LogP contribution in [0.4, 0.5) is 0 Å². The van der Waals surface area contributed by atoms with Crippen LogP contribution >= 0.6 is 15.9 Å². The second-order valence-corrected chi connectivity index (χ2v) is 4.41. The van der Waals surface area contributed by atoms with E-state index in [-0.39, 0.29) is 12.1 Å². The third-order valence-corrected chi connectivity index (χ3v) is 2.91. The molecule has 2 unspecified atom stereocenters. The molecule has 0 aromatic heterocycles. The zero-order valence-corrected chi connectivity index (χ0v) is 8.84. The molecule has 1 radical (unpaired) electrons. The van der Waals surface area contributed by atoms with Crippen LogP contribution in [0.3, 0.4) is 0 Å². The molecule has 69 valence electrons. The Balaban J connectivity index is 2.27. The monoisotopic (exact) mass is 233 g/mol. The van der Waals surface area contributed by atoms with Crippen molar-refractivity contribution in [3.8, 4) is 0 Å². The van der Waals surface area contributed by atoms with Gasteiger partial charge in [0.1, 0.15) is 6.10 Å². The Bertz CT molecular complexity index is 159. The largest absolute Gasteiger partial charge is 0.462 e. The Morgan fingerprint density at radius 2 is 2.33 bits per heavy atom. The molecule has 1 saturated carbocycles. The maximum atomic E-state index is 10.9. The van der Waals surface area contributed by atoms with E-state index in [1.807, 2.05) is 0 Å². The number of rotatable bonds is 2. The molecule has 0 aliphatic heterocycles. The van der Waals surface area contributed by atoms with E-state index in [1.54, 1.807) is 6.92 Å². The van der Waals surface area contributed by atoms with Gasteiger partial charge in [-0.2, -0.15) is 0 Å². The van der Waals surface area contributed by atoms with Gasteiger partial charge in [0.05, 0.1) is 6.42 Å². The van der Waals surface area contributed by atoms with Crippen LogP contribution < -0.4 is 0 Å². The summed E-state index contributed by atoms with van der Waals surface area (Å²) in [5.41, 5.74) is 0. The van der Waals surface area contributed by atoms with Crippen LogP contribution in [0.2, 0.25) is 0 Å². The van der Waals surface area contributed by atoms with Gasteiger partial charge in [-0.1, -0.05) is 22.9 Å². The first-order valence-electron chi connectivity index (χ1n) is 4.36. The summed E-state index contributed by atoms with van der Waals surface area (Å²) >= 11 is 3.54. The van der Waals surface area contributed by atoms with Crippen LogP contribution in [0.25, 0.3) is 0 Å². The Kier molecular flexibility index (Phi) is 4.06. The number of carbonyl (C=O) groups excluding carboxylic acids is 1. The molecular weight excluding hydrogens is 220 g/mol.